The van der Waals surface area contributed by atoms with Gasteiger partial charge in [-0.2, -0.15) is 0 Å². The number of carboxylic acid groups (broad SMARTS) is 1. The van der Waals surface area contributed by atoms with Gasteiger partial charge in [-0.3, -0.25) is 4.79 Å². The summed E-state index contributed by atoms with van der Waals surface area (Å²) in [6.07, 6.45) is 1.57. The molecule has 3 unspecified atom stereocenters. The topological polar surface area (TPSA) is 66.8 Å². The number of carboxylic acids is 1. The average Bonchev–Trinajstić information content (AvgIpc) is 2.16. The first-order valence-electron chi connectivity index (χ1n) is 5.42. The number of aliphatic hydroxyl groups is 1. The van der Waals surface area contributed by atoms with Crippen LogP contribution in [0, 0.1) is 5.92 Å². The molecule has 0 amide bonds. The molecule has 3 atom stereocenters. The van der Waals surface area contributed by atoms with Crippen LogP contribution in [-0.4, -0.2) is 34.0 Å². The minimum Gasteiger partial charge on any atom is -0.481 e. The smallest absolute Gasteiger partial charge is 0.309 e. The third-order valence-corrected chi connectivity index (χ3v) is 3.59. The van der Waals surface area contributed by atoms with Crippen LogP contribution in [0.2, 0.25) is 0 Å². The predicted octanol–water partition coefficient (Wildman–Crippen LogP) is 1.42. The Labute approximate surface area is 90.2 Å². The second kappa shape index (κ2) is 4.10. The van der Waals surface area contributed by atoms with Crippen molar-refractivity contribution < 1.29 is 19.7 Å². The van der Waals surface area contributed by atoms with E-state index in [1.54, 1.807) is 6.92 Å². The van der Waals surface area contributed by atoms with E-state index in [4.69, 9.17) is 9.84 Å². The number of hydrogen-bond donors (Lipinski definition) is 2. The standard InChI is InChI=1S/C11H20O4/c1-4-10(3)7-11(14,5-6-15-10)8(2)9(12)13/h8,14H,4-7H2,1-3H3,(H,12,13). The van der Waals surface area contributed by atoms with Crippen molar-refractivity contribution >= 4 is 5.97 Å². The average molecular weight is 216 g/mol. The van der Waals surface area contributed by atoms with Crippen molar-refractivity contribution in [2.45, 2.75) is 51.2 Å². The molecule has 0 aliphatic carbocycles. The first-order chi connectivity index (χ1) is 6.83. The van der Waals surface area contributed by atoms with Gasteiger partial charge >= 0.3 is 5.97 Å². The summed E-state index contributed by atoms with van der Waals surface area (Å²) in [4.78, 5) is 10.9. The third kappa shape index (κ3) is 2.49. The van der Waals surface area contributed by atoms with Crippen molar-refractivity contribution in [3.8, 4) is 0 Å². The molecular weight excluding hydrogens is 196 g/mol. The van der Waals surface area contributed by atoms with Gasteiger partial charge < -0.3 is 14.9 Å². The molecule has 4 nitrogen and oxygen atoms in total. The molecule has 1 aliphatic rings. The van der Waals surface area contributed by atoms with Gasteiger partial charge in [0.1, 0.15) is 0 Å². The Bertz CT molecular complexity index is 253. The molecule has 1 heterocycles. The number of rotatable bonds is 3. The Kier molecular flexibility index (Phi) is 3.41. The van der Waals surface area contributed by atoms with E-state index in [-0.39, 0.29) is 0 Å². The van der Waals surface area contributed by atoms with E-state index in [9.17, 15) is 9.90 Å². The second-order valence-corrected chi connectivity index (χ2v) is 4.74. The summed E-state index contributed by atoms with van der Waals surface area (Å²) < 4.78 is 5.59. The zero-order valence-electron chi connectivity index (χ0n) is 9.62. The van der Waals surface area contributed by atoms with Gasteiger partial charge in [-0.15, -0.1) is 0 Å². The van der Waals surface area contributed by atoms with Crippen LogP contribution < -0.4 is 0 Å². The van der Waals surface area contributed by atoms with E-state index in [1.807, 2.05) is 13.8 Å². The van der Waals surface area contributed by atoms with E-state index >= 15 is 0 Å². The quantitative estimate of drug-likeness (QED) is 0.748. The van der Waals surface area contributed by atoms with Gasteiger partial charge in [0.25, 0.3) is 0 Å². The molecular formula is C11H20O4. The van der Waals surface area contributed by atoms with Crippen LogP contribution in [0.3, 0.4) is 0 Å². The molecule has 0 aromatic rings. The molecule has 0 aromatic carbocycles. The summed E-state index contributed by atoms with van der Waals surface area (Å²) in [5, 5.41) is 19.3. The lowest BCUT2D eigenvalue weighted by molar-refractivity contribution is -0.184. The molecule has 2 N–H and O–H groups in total. The molecule has 0 spiro atoms. The maximum absolute atomic E-state index is 10.9. The molecule has 0 aromatic heterocycles. The van der Waals surface area contributed by atoms with E-state index in [0.717, 1.165) is 6.42 Å². The highest BCUT2D eigenvalue weighted by molar-refractivity contribution is 5.71. The van der Waals surface area contributed by atoms with Crippen LogP contribution in [0.4, 0.5) is 0 Å². The maximum atomic E-state index is 10.9. The molecule has 1 rings (SSSR count). The Morgan fingerprint density at radius 2 is 2.20 bits per heavy atom. The number of ether oxygens (including phenoxy) is 1. The van der Waals surface area contributed by atoms with Gasteiger partial charge in [-0.05, 0) is 20.3 Å². The first kappa shape index (κ1) is 12.5. The molecule has 0 bridgehead atoms. The molecule has 0 radical (unpaired) electrons. The van der Waals surface area contributed by atoms with Crippen LogP contribution in [0.15, 0.2) is 0 Å². The van der Waals surface area contributed by atoms with Crippen molar-refractivity contribution in [2.75, 3.05) is 6.61 Å². The molecule has 1 fully saturated rings. The summed E-state index contributed by atoms with van der Waals surface area (Å²) >= 11 is 0. The predicted molar refractivity (Wildman–Crippen MR) is 55.6 cm³/mol. The van der Waals surface area contributed by atoms with Gasteiger partial charge in [-0.1, -0.05) is 6.92 Å². The fourth-order valence-corrected chi connectivity index (χ4v) is 2.09. The molecule has 0 saturated carbocycles. The lowest BCUT2D eigenvalue weighted by Crippen LogP contribution is -2.52. The maximum Gasteiger partial charge on any atom is 0.309 e. The Morgan fingerprint density at radius 1 is 1.60 bits per heavy atom. The Hall–Kier alpha value is -0.610. The normalized spacial score (nSPS) is 38.7. The van der Waals surface area contributed by atoms with Crippen LogP contribution >= 0.6 is 0 Å². The zero-order chi connectivity index (χ0) is 11.7. The van der Waals surface area contributed by atoms with Crippen molar-refractivity contribution in [1.82, 2.24) is 0 Å². The summed E-state index contributed by atoms with van der Waals surface area (Å²) in [5.74, 6) is -1.69. The summed E-state index contributed by atoms with van der Waals surface area (Å²) in [5.41, 5.74) is -1.52. The summed E-state index contributed by atoms with van der Waals surface area (Å²) in [6.45, 7) is 5.89. The highest BCUT2D eigenvalue weighted by Gasteiger charge is 2.46. The van der Waals surface area contributed by atoms with Crippen LogP contribution in [0.25, 0.3) is 0 Å². The summed E-state index contributed by atoms with van der Waals surface area (Å²) in [6, 6.07) is 0. The van der Waals surface area contributed by atoms with Crippen LogP contribution in [-0.2, 0) is 9.53 Å². The van der Waals surface area contributed by atoms with E-state index in [2.05, 4.69) is 0 Å². The van der Waals surface area contributed by atoms with Gasteiger partial charge in [0.05, 0.1) is 23.7 Å². The van der Waals surface area contributed by atoms with Gasteiger partial charge in [-0.25, -0.2) is 0 Å². The molecule has 4 heteroatoms. The first-order valence-corrected chi connectivity index (χ1v) is 5.42. The summed E-state index contributed by atoms with van der Waals surface area (Å²) in [7, 11) is 0. The molecule has 15 heavy (non-hydrogen) atoms. The minimum atomic E-state index is -1.13. The monoisotopic (exact) mass is 216 g/mol. The van der Waals surface area contributed by atoms with Gasteiger partial charge in [0.15, 0.2) is 0 Å². The Balaban J connectivity index is 2.81. The van der Waals surface area contributed by atoms with E-state index in [0.29, 0.717) is 19.4 Å². The van der Waals surface area contributed by atoms with Crippen molar-refractivity contribution in [3.63, 3.8) is 0 Å². The SMILES string of the molecule is CCC1(C)CC(O)(C(C)C(=O)O)CCO1. The van der Waals surface area contributed by atoms with Gasteiger partial charge in [0, 0.05) is 12.8 Å². The lowest BCUT2D eigenvalue weighted by atomic mass is 9.75. The molecule has 88 valence electrons. The van der Waals surface area contributed by atoms with Crippen molar-refractivity contribution in [2.24, 2.45) is 5.92 Å². The van der Waals surface area contributed by atoms with Crippen LogP contribution in [0.1, 0.15) is 40.0 Å². The van der Waals surface area contributed by atoms with Crippen molar-refractivity contribution in [3.05, 3.63) is 0 Å². The number of carbonyl (C=O) groups is 1. The highest BCUT2D eigenvalue weighted by Crippen LogP contribution is 2.38. The third-order valence-electron chi connectivity index (χ3n) is 3.59. The Morgan fingerprint density at radius 3 is 2.67 bits per heavy atom. The lowest BCUT2D eigenvalue weighted by Gasteiger charge is -2.44. The highest BCUT2D eigenvalue weighted by atomic mass is 16.5. The van der Waals surface area contributed by atoms with Gasteiger partial charge in [0.2, 0.25) is 0 Å². The fraction of sp³-hybridized carbons (Fsp3) is 0.909. The largest absolute Gasteiger partial charge is 0.481 e. The molecule has 1 saturated heterocycles. The van der Waals surface area contributed by atoms with E-state index in [1.165, 1.54) is 0 Å². The zero-order valence-corrected chi connectivity index (χ0v) is 9.62. The minimum absolute atomic E-state index is 0.392. The fourth-order valence-electron chi connectivity index (χ4n) is 2.09. The van der Waals surface area contributed by atoms with Crippen molar-refractivity contribution in [1.29, 1.82) is 0 Å². The van der Waals surface area contributed by atoms with E-state index < -0.39 is 23.1 Å². The number of hydrogen-bond acceptors (Lipinski definition) is 3. The second-order valence-electron chi connectivity index (χ2n) is 4.74. The molecule has 1 aliphatic heterocycles. The van der Waals surface area contributed by atoms with Crippen LogP contribution in [0.5, 0.6) is 0 Å². The number of aliphatic carboxylic acids is 1.